The first-order valence-electron chi connectivity index (χ1n) is 26.2. The Morgan fingerprint density at radius 3 is 2.30 bits per heavy atom. The number of fused-ring (bicyclic) bond motifs is 15. The summed E-state index contributed by atoms with van der Waals surface area (Å²) in [5.74, 6) is -5.26. The van der Waals surface area contributed by atoms with E-state index in [1.54, 1.807) is 52.0 Å². The molecule has 10 rings (SSSR count). The van der Waals surface area contributed by atoms with E-state index in [-0.39, 0.29) is 92.6 Å². The number of carbonyl (C=O) groups is 4. The number of anilines is 1. The minimum absolute atomic E-state index is 0.0337. The van der Waals surface area contributed by atoms with Crippen molar-refractivity contribution in [2.45, 2.75) is 160 Å². The van der Waals surface area contributed by atoms with Gasteiger partial charge in [-0.15, -0.1) is 0 Å². The molecule has 7 aliphatic rings. The predicted molar refractivity (Wildman–Crippen MR) is 273 cm³/mol. The number of esters is 1. The molecule has 7 aliphatic heterocycles. The fraction of sp³-hybridized carbons (Fsp3) is 0.544. The quantitative estimate of drug-likeness (QED) is 0.0964. The van der Waals surface area contributed by atoms with Gasteiger partial charge >= 0.3 is 11.8 Å². The fourth-order valence-electron chi connectivity index (χ4n) is 12.0. The van der Waals surface area contributed by atoms with Gasteiger partial charge in [-0.2, -0.15) is 0 Å². The molecular weight excluding hydrogens is 931 g/mol. The Balaban J connectivity index is 1.01. The van der Waals surface area contributed by atoms with Crippen LogP contribution in [0.25, 0.3) is 10.8 Å². The van der Waals surface area contributed by atoms with Crippen LogP contribution in [0, 0.1) is 24.7 Å². The van der Waals surface area contributed by atoms with Crippen LogP contribution in [0.4, 0.5) is 5.69 Å². The summed E-state index contributed by atoms with van der Waals surface area (Å²) < 4.78 is 18.4. The van der Waals surface area contributed by atoms with E-state index in [4.69, 9.17) is 24.2 Å². The Kier molecular flexibility index (Phi) is 14.7. The minimum atomic E-state index is -1.93. The largest absolute Gasteiger partial charge is 0.507 e. The molecular formula is C57H71N5O11. The maximum Gasteiger partial charge on any atom is 0.315 e. The summed E-state index contributed by atoms with van der Waals surface area (Å²) in [5, 5.41) is 50.4. The molecule has 3 fully saturated rings. The summed E-state index contributed by atoms with van der Waals surface area (Å²) in [6.45, 7) is 14.7. The van der Waals surface area contributed by atoms with E-state index in [1.807, 2.05) is 23.1 Å². The lowest BCUT2D eigenvalue weighted by Crippen LogP contribution is -2.46. The number of likely N-dealkylation sites (tertiary alicyclic amines) is 1. The number of hydrogen-bond acceptors (Lipinski definition) is 14. The predicted octanol–water partition coefficient (Wildman–Crippen LogP) is 6.94. The van der Waals surface area contributed by atoms with Gasteiger partial charge < -0.3 is 49.8 Å². The van der Waals surface area contributed by atoms with Crippen LogP contribution in [0.15, 0.2) is 76.5 Å². The molecule has 7 heterocycles. The number of nitrogens with zero attached hydrogens (tertiary/aromatic N) is 4. The number of benzene rings is 3. The monoisotopic (exact) mass is 1000 g/mol. The number of phenolic OH excluding ortho intramolecular Hbond substituents is 2. The Morgan fingerprint density at radius 1 is 0.932 bits per heavy atom. The molecule has 0 radical (unpaired) electrons. The van der Waals surface area contributed by atoms with E-state index in [0.29, 0.717) is 37.8 Å². The van der Waals surface area contributed by atoms with Crippen LogP contribution >= 0.6 is 0 Å². The second kappa shape index (κ2) is 20.7. The van der Waals surface area contributed by atoms with Crippen LogP contribution in [-0.2, 0) is 23.9 Å². The van der Waals surface area contributed by atoms with E-state index < -0.39 is 71.4 Å². The number of aliphatic hydroxyl groups excluding tert-OH is 2. The average molecular weight is 1000 g/mol. The second-order valence-electron chi connectivity index (χ2n) is 21.9. The van der Waals surface area contributed by atoms with Crippen LogP contribution < -0.4 is 20.8 Å². The topological polar surface area (TPSA) is 220 Å². The number of rotatable bonds is 6. The molecule has 8 atom stereocenters. The van der Waals surface area contributed by atoms with Crippen molar-refractivity contribution >= 4 is 40.0 Å². The molecule has 3 saturated heterocycles. The number of amides is 2. The zero-order valence-electron chi connectivity index (χ0n) is 43.1. The minimum Gasteiger partial charge on any atom is -0.507 e. The summed E-state index contributed by atoms with van der Waals surface area (Å²) >= 11 is 0. The number of allylic oxidation sites excluding steroid dienone is 3. The van der Waals surface area contributed by atoms with Gasteiger partial charge in [-0.3, -0.25) is 29.2 Å². The molecule has 0 saturated carbocycles. The van der Waals surface area contributed by atoms with E-state index in [0.717, 1.165) is 32.2 Å². The summed E-state index contributed by atoms with van der Waals surface area (Å²) in [4.78, 5) is 70.9. The molecule has 16 heteroatoms. The fourth-order valence-corrected chi connectivity index (χ4v) is 12.0. The third-order valence-corrected chi connectivity index (χ3v) is 16.2. The van der Waals surface area contributed by atoms with Crippen LogP contribution in [0.1, 0.15) is 133 Å². The van der Waals surface area contributed by atoms with E-state index in [2.05, 4.69) is 36.2 Å². The normalized spacial score (nSPS) is 31.0. The zero-order chi connectivity index (χ0) is 52.1. The van der Waals surface area contributed by atoms with Crippen molar-refractivity contribution in [1.29, 1.82) is 0 Å². The van der Waals surface area contributed by atoms with Crippen molar-refractivity contribution in [2.24, 2.45) is 27.7 Å². The number of Topliss-reactive ketones (excluding diaryl/α,β-unsaturated/α-hetero) is 1. The van der Waals surface area contributed by atoms with Crippen molar-refractivity contribution in [1.82, 2.24) is 9.80 Å². The Bertz CT molecular complexity index is 2880. The standard InChI is InChI=1S/C57H71N5O11/c1-31(2)30-61-23-21-57(22-24-61)59-47-44-45-51(67)35(6)53-46(44)54(69)56(7,73-53)71-25-12-11-18-40(72-43(65)29-42(64)62-38-19-20-39(62)27-37(26-38)36-16-9-8-10-17-36)28-41(63)34(5)50(66)32(3)14-13-15-33(4)55(70)58-49(52(45)68)48(47)60-57/h8-10,12-17,25,31-32,34,37-41,50,63,66-68H,11,18-24,26-30H2,1-7H3,(H,58,70)/b14-13+,25-12+,33-15-/t32?,34-,37?,38?,39?,40+,41?,50-,56?/m0/s1. The second-order valence-corrected chi connectivity index (χ2v) is 21.9. The summed E-state index contributed by atoms with van der Waals surface area (Å²) in [6.07, 6.45) is 9.34. The maximum absolute atomic E-state index is 14.8. The van der Waals surface area contributed by atoms with Gasteiger partial charge in [-0.1, -0.05) is 76.3 Å². The van der Waals surface area contributed by atoms with Gasteiger partial charge in [0.15, 0.2) is 11.4 Å². The van der Waals surface area contributed by atoms with Gasteiger partial charge in [-0.05, 0) is 75.8 Å². The maximum atomic E-state index is 14.8. The average Bonchev–Trinajstić information content (AvgIpc) is 3.96. The lowest BCUT2D eigenvalue weighted by atomic mass is 9.85. The molecule has 0 aliphatic carbocycles. The summed E-state index contributed by atoms with van der Waals surface area (Å²) in [5.41, 5.74) is 0.694. The molecule has 16 nitrogen and oxygen atoms in total. The SMILES string of the molecule is C/C1=C/C=C/C(C)[C@H](O)[C@@H](C)C(O)C[C@H](OC(=O)CC(=O)N2C3CCC2CC(c2ccccc2)C3)CC/C=C/OC2(C)Oc3c(C)c(O)c4c(O)c(c5c(c4c3C2=O)=NC2(CCN(CC(C)C)CC2)N=5)NC1=O. The highest BCUT2D eigenvalue weighted by atomic mass is 16.7. The van der Waals surface area contributed by atoms with E-state index in [9.17, 15) is 39.6 Å². The number of nitrogens with one attached hydrogen (secondary N) is 1. The van der Waals surface area contributed by atoms with Crippen molar-refractivity contribution in [3.8, 4) is 17.2 Å². The number of phenols is 2. The Labute approximate surface area is 426 Å². The summed E-state index contributed by atoms with van der Waals surface area (Å²) in [7, 11) is 0. The third-order valence-electron chi connectivity index (χ3n) is 16.2. The van der Waals surface area contributed by atoms with Gasteiger partial charge in [0.25, 0.3) is 11.7 Å². The highest BCUT2D eigenvalue weighted by Crippen LogP contribution is 2.50. The Hall–Kier alpha value is -6.10. The summed E-state index contributed by atoms with van der Waals surface area (Å²) in [6, 6.07) is 10.4. The number of ketones is 1. The van der Waals surface area contributed by atoms with Gasteiger partial charge in [0, 0.05) is 86.3 Å². The zero-order valence-corrected chi connectivity index (χ0v) is 43.1. The third kappa shape index (κ3) is 10.1. The van der Waals surface area contributed by atoms with Crippen LogP contribution in [0.5, 0.6) is 17.2 Å². The van der Waals surface area contributed by atoms with Crippen molar-refractivity contribution in [3.05, 3.63) is 93.9 Å². The number of piperidine rings is 2. The molecule has 73 heavy (non-hydrogen) atoms. The first kappa shape index (κ1) is 51.8. The van der Waals surface area contributed by atoms with Crippen LogP contribution in [0.3, 0.4) is 0 Å². The number of aliphatic hydroxyl groups is 2. The molecule has 0 aromatic heterocycles. The van der Waals surface area contributed by atoms with Crippen molar-refractivity contribution in [3.63, 3.8) is 0 Å². The van der Waals surface area contributed by atoms with Gasteiger partial charge in [0.2, 0.25) is 5.91 Å². The molecule has 3 aromatic carbocycles. The molecule has 1 spiro atoms. The highest BCUT2D eigenvalue weighted by molar-refractivity contribution is 6.19. The molecule has 7 bridgehead atoms. The van der Waals surface area contributed by atoms with Gasteiger partial charge in [0.05, 0.1) is 34.8 Å². The number of hydrogen-bond donors (Lipinski definition) is 5. The highest BCUT2D eigenvalue weighted by Gasteiger charge is 2.50. The molecule has 2 amide bonds. The van der Waals surface area contributed by atoms with Gasteiger partial charge in [0.1, 0.15) is 35.1 Å². The lowest BCUT2D eigenvalue weighted by Gasteiger charge is -2.39. The number of ether oxygens (including phenoxy) is 3. The van der Waals surface area contributed by atoms with E-state index in [1.165, 1.54) is 18.7 Å². The number of carbonyl (C=O) groups excluding carboxylic acids is 4. The van der Waals surface area contributed by atoms with Crippen LogP contribution in [-0.4, -0.2) is 115 Å². The smallest absolute Gasteiger partial charge is 0.315 e. The first-order chi connectivity index (χ1) is 34.8. The van der Waals surface area contributed by atoms with Crippen molar-refractivity contribution < 1.29 is 53.8 Å². The van der Waals surface area contributed by atoms with Gasteiger partial charge in [-0.25, -0.2) is 0 Å². The molecule has 3 aromatic rings. The van der Waals surface area contributed by atoms with E-state index >= 15 is 0 Å². The molecule has 390 valence electrons. The Morgan fingerprint density at radius 2 is 1.62 bits per heavy atom. The lowest BCUT2D eigenvalue weighted by molar-refractivity contribution is -0.156. The van der Waals surface area contributed by atoms with Crippen molar-refractivity contribution in [2.75, 3.05) is 25.0 Å². The number of aromatic hydroxyl groups is 2. The first-order valence-corrected chi connectivity index (χ1v) is 26.2. The molecule has 5 N–H and O–H groups in total. The van der Waals surface area contributed by atoms with Crippen LogP contribution in [0.2, 0.25) is 0 Å². The molecule has 5 unspecified atom stereocenters.